The van der Waals surface area contributed by atoms with Gasteiger partial charge in [-0.1, -0.05) is 12.1 Å². The highest BCUT2D eigenvalue weighted by atomic mass is 79.9. The smallest absolute Gasteiger partial charge is 0.192 e. The van der Waals surface area contributed by atoms with Crippen molar-refractivity contribution in [2.75, 3.05) is 19.0 Å². The Bertz CT molecular complexity index is 595. The molecular formula is C13H18BrN3O2S. The molecule has 1 aliphatic heterocycles. The fourth-order valence-electron chi connectivity index (χ4n) is 2.38. The van der Waals surface area contributed by atoms with Gasteiger partial charge in [0, 0.05) is 10.4 Å². The first-order chi connectivity index (χ1) is 9.40. The summed E-state index contributed by atoms with van der Waals surface area (Å²) in [6.45, 7) is 1.32. The fourth-order valence-corrected chi connectivity index (χ4v) is 4.93. The van der Waals surface area contributed by atoms with E-state index in [0.717, 1.165) is 12.8 Å². The number of hydrogen-bond acceptors (Lipinski definition) is 4. The summed E-state index contributed by atoms with van der Waals surface area (Å²) in [5.41, 5.74) is 5.49. The Morgan fingerprint density at radius 3 is 2.50 bits per heavy atom. The molecular weight excluding hydrogens is 342 g/mol. The third-order valence-corrected chi connectivity index (χ3v) is 6.24. The molecule has 110 valence electrons. The van der Waals surface area contributed by atoms with E-state index in [4.69, 9.17) is 11.1 Å². The molecule has 0 amide bonds. The summed E-state index contributed by atoms with van der Waals surface area (Å²) in [6, 6.07) is 6.86. The van der Waals surface area contributed by atoms with Crippen LogP contribution in [0.3, 0.4) is 0 Å². The van der Waals surface area contributed by atoms with Crippen molar-refractivity contribution in [3.05, 3.63) is 28.7 Å². The van der Waals surface area contributed by atoms with Crippen molar-refractivity contribution in [3.63, 3.8) is 0 Å². The highest BCUT2D eigenvalue weighted by molar-refractivity contribution is 9.10. The maximum atomic E-state index is 12.4. The van der Waals surface area contributed by atoms with Crippen molar-refractivity contribution in [2.24, 2.45) is 11.7 Å². The van der Waals surface area contributed by atoms with Crippen molar-refractivity contribution in [3.8, 4) is 0 Å². The predicted molar refractivity (Wildman–Crippen MR) is 82.4 cm³/mol. The van der Waals surface area contributed by atoms with Gasteiger partial charge >= 0.3 is 0 Å². The summed E-state index contributed by atoms with van der Waals surface area (Å²) in [5.74, 6) is 0.316. The van der Waals surface area contributed by atoms with E-state index in [1.165, 1.54) is 0 Å². The van der Waals surface area contributed by atoms with Gasteiger partial charge in [-0.25, -0.2) is 8.42 Å². The molecule has 1 aromatic rings. The summed E-state index contributed by atoms with van der Waals surface area (Å²) in [6.07, 6.45) is 1.50. The van der Waals surface area contributed by atoms with Gasteiger partial charge in [-0.2, -0.15) is 0 Å². The lowest BCUT2D eigenvalue weighted by atomic mass is 9.96. The lowest BCUT2D eigenvalue weighted by Gasteiger charge is -2.30. The van der Waals surface area contributed by atoms with Gasteiger partial charge in [0.2, 0.25) is 0 Å². The summed E-state index contributed by atoms with van der Waals surface area (Å²) >= 11 is 3.28. The molecule has 0 unspecified atom stereocenters. The average molecular weight is 360 g/mol. The summed E-state index contributed by atoms with van der Waals surface area (Å²) in [4.78, 5) is 2.24. The molecule has 0 saturated carbocycles. The zero-order valence-electron chi connectivity index (χ0n) is 11.0. The van der Waals surface area contributed by atoms with E-state index in [9.17, 15) is 8.42 Å². The molecule has 5 nitrogen and oxygen atoms in total. The zero-order valence-corrected chi connectivity index (χ0v) is 13.5. The number of benzene rings is 1. The second-order valence-corrected chi connectivity index (χ2v) is 7.80. The topological polar surface area (TPSA) is 87.2 Å². The lowest BCUT2D eigenvalue weighted by Crippen LogP contribution is -2.40. The highest BCUT2D eigenvalue weighted by Gasteiger charge is 2.26. The van der Waals surface area contributed by atoms with Crippen LogP contribution >= 0.6 is 15.9 Å². The van der Waals surface area contributed by atoms with Crippen LogP contribution in [0, 0.1) is 11.3 Å². The van der Waals surface area contributed by atoms with E-state index < -0.39 is 9.84 Å². The van der Waals surface area contributed by atoms with E-state index in [1.807, 2.05) is 4.90 Å². The molecule has 1 heterocycles. The van der Waals surface area contributed by atoms with Gasteiger partial charge < -0.3 is 5.73 Å². The van der Waals surface area contributed by atoms with E-state index in [0.29, 0.717) is 22.5 Å². The SMILES string of the molecule is N=C(N)C1CCN(CS(=O)(=O)c2ccccc2Br)CC1. The van der Waals surface area contributed by atoms with Crippen LogP contribution in [0.4, 0.5) is 0 Å². The van der Waals surface area contributed by atoms with Crippen molar-refractivity contribution in [1.82, 2.24) is 4.90 Å². The Labute approximate surface area is 127 Å². The molecule has 0 aliphatic carbocycles. The number of hydrogen-bond donors (Lipinski definition) is 2. The minimum atomic E-state index is -3.33. The molecule has 1 aliphatic rings. The van der Waals surface area contributed by atoms with Crippen LogP contribution in [0.5, 0.6) is 0 Å². The predicted octanol–water partition coefficient (Wildman–Crippen LogP) is 1.83. The van der Waals surface area contributed by atoms with E-state index in [-0.39, 0.29) is 17.6 Å². The van der Waals surface area contributed by atoms with Crippen LogP contribution in [0.2, 0.25) is 0 Å². The summed E-state index contributed by atoms with van der Waals surface area (Å²) in [5, 5.41) is 7.43. The monoisotopic (exact) mass is 359 g/mol. The normalized spacial score (nSPS) is 18.1. The molecule has 2 rings (SSSR count). The van der Waals surface area contributed by atoms with Crippen molar-refractivity contribution in [2.45, 2.75) is 17.7 Å². The quantitative estimate of drug-likeness (QED) is 0.634. The third kappa shape index (κ3) is 3.59. The second kappa shape index (κ2) is 6.24. The Hall–Kier alpha value is -0.920. The number of nitrogens with zero attached hydrogens (tertiary/aromatic N) is 1. The Kier molecular flexibility index (Phi) is 4.82. The number of rotatable bonds is 4. The molecule has 1 aromatic carbocycles. The van der Waals surface area contributed by atoms with Crippen molar-refractivity contribution < 1.29 is 8.42 Å². The first kappa shape index (κ1) is 15.5. The lowest BCUT2D eigenvalue weighted by molar-refractivity contribution is 0.237. The van der Waals surface area contributed by atoms with Gasteiger partial charge in [0.25, 0.3) is 0 Å². The number of nitrogens with one attached hydrogen (secondary N) is 1. The van der Waals surface area contributed by atoms with Gasteiger partial charge in [0.05, 0.1) is 10.7 Å². The van der Waals surface area contributed by atoms with Gasteiger partial charge in [-0.05, 0) is 54.0 Å². The minimum Gasteiger partial charge on any atom is -0.387 e. The Morgan fingerprint density at radius 2 is 1.95 bits per heavy atom. The van der Waals surface area contributed by atoms with Crippen molar-refractivity contribution in [1.29, 1.82) is 5.41 Å². The number of likely N-dealkylation sites (tertiary alicyclic amines) is 1. The van der Waals surface area contributed by atoms with E-state index >= 15 is 0 Å². The van der Waals surface area contributed by atoms with E-state index in [1.54, 1.807) is 24.3 Å². The molecule has 0 bridgehead atoms. The number of piperidine rings is 1. The molecule has 0 radical (unpaired) electrons. The fraction of sp³-hybridized carbons (Fsp3) is 0.462. The van der Waals surface area contributed by atoms with Crippen LogP contribution in [0.25, 0.3) is 0 Å². The molecule has 0 spiro atoms. The Morgan fingerprint density at radius 1 is 1.35 bits per heavy atom. The maximum absolute atomic E-state index is 12.4. The summed E-state index contributed by atoms with van der Waals surface area (Å²) < 4.78 is 25.4. The number of sulfone groups is 1. The molecule has 20 heavy (non-hydrogen) atoms. The first-order valence-corrected chi connectivity index (χ1v) is 8.88. The molecule has 7 heteroatoms. The Balaban J connectivity index is 2.04. The van der Waals surface area contributed by atoms with Crippen LogP contribution in [-0.4, -0.2) is 38.1 Å². The van der Waals surface area contributed by atoms with Crippen LogP contribution in [0.15, 0.2) is 33.6 Å². The van der Waals surface area contributed by atoms with Crippen LogP contribution in [0.1, 0.15) is 12.8 Å². The minimum absolute atomic E-state index is 0.0141. The number of halogens is 1. The van der Waals surface area contributed by atoms with Crippen molar-refractivity contribution >= 4 is 31.6 Å². The van der Waals surface area contributed by atoms with Gasteiger partial charge in [-0.15, -0.1) is 0 Å². The molecule has 1 fully saturated rings. The molecule has 0 aromatic heterocycles. The number of amidine groups is 1. The highest BCUT2D eigenvalue weighted by Crippen LogP contribution is 2.24. The number of nitrogens with two attached hydrogens (primary N) is 1. The largest absolute Gasteiger partial charge is 0.387 e. The van der Waals surface area contributed by atoms with Gasteiger partial charge in [0.15, 0.2) is 9.84 Å². The molecule has 1 saturated heterocycles. The maximum Gasteiger partial charge on any atom is 0.192 e. The zero-order chi connectivity index (χ0) is 14.8. The van der Waals surface area contributed by atoms with E-state index in [2.05, 4.69) is 15.9 Å². The van der Waals surface area contributed by atoms with Crippen LogP contribution in [-0.2, 0) is 9.84 Å². The third-order valence-electron chi connectivity index (χ3n) is 3.55. The van der Waals surface area contributed by atoms with Gasteiger partial charge in [0.1, 0.15) is 5.88 Å². The first-order valence-electron chi connectivity index (χ1n) is 6.43. The standard InChI is InChI=1S/C13H18BrN3O2S/c14-11-3-1-2-4-12(11)20(18,19)9-17-7-5-10(6-8-17)13(15)16/h1-4,10H,5-9H2,(H3,15,16). The second-order valence-electron chi connectivity index (χ2n) is 5.02. The van der Waals surface area contributed by atoms with Gasteiger partial charge in [-0.3, -0.25) is 10.3 Å². The summed E-state index contributed by atoms with van der Waals surface area (Å²) in [7, 11) is -3.33. The molecule has 0 atom stereocenters. The van der Waals surface area contributed by atoms with Crippen LogP contribution < -0.4 is 5.73 Å². The molecule has 3 N–H and O–H groups in total. The average Bonchev–Trinajstić information content (AvgIpc) is 2.39.